The summed E-state index contributed by atoms with van der Waals surface area (Å²) in [6, 6.07) is 4.37. The van der Waals surface area contributed by atoms with Crippen LogP contribution in [0.15, 0.2) is 41.8 Å². The third-order valence-corrected chi connectivity index (χ3v) is 7.22. The standard InChI is InChI=1S/C22H28N6O3S/c1-27-15-19(14-25-27)32(29)26-16-2-4-18(5-3-16)31-21-13-17(28-8-10-30-11-9-28)12-20-22(21)24-7-6-23-20/h6-7,12-16,18,26H,2-5,8-11H2,1H3. The van der Waals surface area contributed by atoms with Crippen LogP contribution in [0.1, 0.15) is 25.7 Å². The number of aromatic nitrogens is 4. The van der Waals surface area contributed by atoms with Crippen molar-refractivity contribution in [2.24, 2.45) is 7.05 Å². The highest BCUT2D eigenvalue weighted by Gasteiger charge is 2.25. The predicted molar refractivity (Wildman–Crippen MR) is 122 cm³/mol. The monoisotopic (exact) mass is 456 g/mol. The van der Waals surface area contributed by atoms with Crippen molar-refractivity contribution < 1.29 is 13.7 Å². The molecule has 0 spiro atoms. The van der Waals surface area contributed by atoms with Gasteiger partial charge in [0.15, 0.2) is 0 Å². The molecule has 0 bridgehead atoms. The Kier molecular flexibility index (Phi) is 6.33. The molecule has 9 nitrogen and oxygen atoms in total. The van der Waals surface area contributed by atoms with Gasteiger partial charge in [-0.1, -0.05) is 0 Å². The first kappa shape index (κ1) is 21.3. The summed E-state index contributed by atoms with van der Waals surface area (Å²) < 4.78 is 29.4. The first-order chi connectivity index (χ1) is 15.7. The Morgan fingerprint density at radius 3 is 2.66 bits per heavy atom. The van der Waals surface area contributed by atoms with Gasteiger partial charge in [0.25, 0.3) is 0 Å². The lowest BCUT2D eigenvalue weighted by Gasteiger charge is -2.31. The molecule has 3 heterocycles. The third kappa shape index (κ3) is 4.77. The Labute approximate surface area is 189 Å². The van der Waals surface area contributed by atoms with Crippen LogP contribution in [0.4, 0.5) is 5.69 Å². The van der Waals surface area contributed by atoms with Crippen LogP contribution in [0, 0.1) is 0 Å². The highest BCUT2D eigenvalue weighted by Crippen LogP contribution is 2.33. The van der Waals surface area contributed by atoms with Crippen molar-refractivity contribution in [2.75, 3.05) is 31.2 Å². The number of hydrogen-bond donors (Lipinski definition) is 1. The van der Waals surface area contributed by atoms with Crippen molar-refractivity contribution >= 4 is 27.7 Å². The predicted octanol–water partition coefficient (Wildman–Crippen LogP) is 2.20. The molecular weight excluding hydrogens is 428 g/mol. The van der Waals surface area contributed by atoms with E-state index in [2.05, 4.69) is 36.8 Å². The fourth-order valence-corrected chi connectivity index (χ4v) is 5.38. The van der Waals surface area contributed by atoms with Crippen molar-refractivity contribution in [2.45, 2.75) is 42.7 Å². The maximum absolute atomic E-state index is 12.5. The first-order valence-corrected chi connectivity index (χ1v) is 12.2. The average molecular weight is 457 g/mol. The fourth-order valence-electron chi connectivity index (χ4n) is 4.31. The maximum Gasteiger partial charge on any atom is 0.149 e. The van der Waals surface area contributed by atoms with E-state index in [-0.39, 0.29) is 12.1 Å². The minimum Gasteiger partial charge on any atom is -0.488 e. The second-order valence-electron chi connectivity index (χ2n) is 8.30. The minimum absolute atomic E-state index is 0.102. The number of nitrogens with zero attached hydrogens (tertiary/aromatic N) is 5. The van der Waals surface area contributed by atoms with Crippen molar-refractivity contribution in [3.05, 3.63) is 36.9 Å². The molecule has 1 aliphatic heterocycles. The fraction of sp³-hybridized carbons (Fsp3) is 0.500. The van der Waals surface area contributed by atoms with Gasteiger partial charge in [-0.15, -0.1) is 0 Å². The highest BCUT2D eigenvalue weighted by molar-refractivity contribution is 7.83. The molecule has 1 saturated heterocycles. The van der Waals surface area contributed by atoms with Gasteiger partial charge in [0.2, 0.25) is 0 Å². The molecule has 0 amide bonds. The summed E-state index contributed by atoms with van der Waals surface area (Å²) in [5.41, 5.74) is 2.73. The quantitative estimate of drug-likeness (QED) is 0.608. The van der Waals surface area contributed by atoms with Crippen LogP contribution in [-0.4, -0.2) is 62.4 Å². The summed E-state index contributed by atoms with van der Waals surface area (Å²) >= 11 is 0. The average Bonchev–Trinajstić information content (AvgIpc) is 3.27. The summed E-state index contributed by atoms with van der Waals surface area (Å²) in [4.78, 5) is 12.1. The van der Waals surface area contributed by atoms with E-state index in [1.807, 2.05) is 7.05 Å². The van der Waals surface area contributed by atoms with Crippen LogP contribution < -0.4 is 14.4 Å². The lowest BCUT2D eigenvalue weighted by molar-refractivity contribution is 0.122. The zero-order valence-electron chi connectivity index (χ0n) is 18.1. The topological polar surface area (TPSA) is 94.4 Å². The summed E-state index contributed by atoms with van der Waals surface area (Å²) in [5, 5.41) is 4.10. The molecule has 1 N–H and O–H groups in total. The maximum atomic E-state index is 12.5. The van der Waals surface area contributed by atoms with Gasteiger partial charge in [0.05, 0.1) is 35.9 Å². The van der Waals surface area contributed by atoms with Gasteiger partial charge in [0, 0.05) is 56.5 Å². The van der Waals surface area contributed by atoms with Gasteiger partial charge < -0.3 is 14.4 Å². The van der Waals surface area contributed by atoms with Crippen LogP contribution in [0.3, 0.4) is 0 Å². The van der Waals surface area contributed by atoms with Crippen LogP contribution in [0.2, 0.25) is 0 Å². The van der Waals surface area contributed by atoms with Crippen LogP contribution in [0.25, 0.3) is 11.0 Å². The summed E-state index contributed by atoms with van der Waals surface area (Å²) in [6.07, 6.45) is 10.6. The van der Waals surface area contributed by atoms with E-state index in [4.69, 9.17) is 9.47 Å². The number of fused-ring (bicyclic) bond motifs is 1. The Morgan fingerprint density at radius 1 is 1.12 bits per heavy atom. The molecule has 10 heteroatoms. The normalized spacial score (nSPS) is 22.7. The van der Waals surface area contributed by atoms with Gasteiger partial charge in [-0.2, -0.15) is 5.10 Å². The van der Waals surface area contributed by atoms with E-state index in [1.54, 1.807) is 29.5 Å². The molecule has 170 valence electrons. The molecular formula is C22H28N6O3S. The molecule has 2 aromatic heterocycles. The van der Waals surface area contributed by atoms with Crippen molar-refractivity contribution in [1.29, 1.82) is 0 Å². The number of hydrogen-bond acceptors (Lipinski definition) is 7. The molecule has 1 aromatic carbocycles. The first-order valence-electron chi connectivity index (χ1n) is 11.1. The molecule has 1 atom stereocenters. The number of benzene rings is 1. The van der Waals surface area contributed by atoms with E-state index in [9.17, 15) is 4.21 Å². The largest absolute Gasteiger partial charge is 0.488 e. The molecule has 1 unspecified atom stereocenters. The Hall–Kier alpha value is -2.56. The molecule has 1 aliphatic carbocycles. The number of rotatable bonds is 6. The lowest BCUT2D eigenvalue weighted by Crippen LogP contribution is -2.37. The third-order valence-electron chi connectivity index (χ3n) is 6.04. The summed E-state index contributed by atoms with van der Waals surface area (Å²) in [5.74, 6) is 0.785. The SMILES string of the molecule is Cn1cc(S(=O)NC2CCC(Oc3cc(N4CCOCC4)cc4nccnc34)CC2)cn1. The number of anilines is 1. The Morgan fingerprint density at radius 2 is 1.91 bits per heavy atom. The van der Waals surface area contributed by atoms with Gasteiger partial charge in [-0.25, -0.2) is 13.9 Å². The van der Waals surface area contributed by atoms with Gasteiger partial charge in [-0.3, -0.25) is 9.67 Å². The van der Waals surface area contributed by atoms with Gasteiger partial charge >= 0.3 is 0 Å². The highest BCUT2D eigenvalue weighted by atomic mass is 32.2. The van der Waals surface area contributed by atoms with E-state index in [0.29, 0.717) is 4.90 Å². The van der Waals surface area contributed by atoms with Gasteiger partial charge in [-0.05, 0) is 31.7 Å². The molecule has 5 rings (SSSR count). The van der Waals surface area contributed by atoms with Crippen LogP contribution >= 0.6 is 0 Å². The number of morpholine rings is 1. The number of ether oxygens (including phenoxy) is 2. The Balaban J connectivity index is 1.25. The Bertz CT molecular complexity index is 1090. The van der Waals surface area contributed by atoms with E-state index >= 15 is 0 Å². The molecule has 32 heavy (non-hydrogen) atoms. The number of aryl methyl sites for hydroxylation is 1. The van der Waals surface area contributed by atoms with E-state index in [1.165, 1.54) is 0 Å². The molecule has 2 aliphatic rings. The second kappa shape index (κ2) is 9.51. The van der Waals surface area contributed by atoms with Crippen LogP contribution in [0.5, 0.6) is 5.75 Å². The van der Waals surface area contributed by atoms with Crippen molar-refractivity contribution in [3.63, 3.8) is 0 Å². The van der Waals surface area contributed by atoms with E-state index in [0.717, 1.165) is 74.5 Å². The molecule has 3 aromatic rings. The number of nitrogens with one attached hydrogen (secondary N) is 1. The summed E-state index contributed by atoms with van der Waals surface area (Å²) in [7, 11) is 0.583. The van der Waals surface area contributed by atoms with E-state index < -0.39 is 11.0 Å². The molecule has 2 fully saturated rings. The second-order valence-corrected chi connectivity index (χ2v) is 9.54. The van der Waals surface area contributed by atoms with Crippen LogP contribution in [-0.2, 0) is 22.8 Å². The molecule has 1 saturated carbocycles. The lowest BCUT2D eigenvalue weighted by atomic mass is 9.93. The zero-order valence-corrected chi connectivity index (χ0v) is 19.0. The van der Waals surface area contributed by atoms with Crippen molar-refractivity contribution in [1.82, 2.24) is 24.5 Å². The molecule has 0 radical (unpaired) electrons. The minimum atomic E-state index is -1.24. The smallest absolute Gasteiger partial charge is 0.149 e. The van der Waals surface area contributed by atoms with Crippen molar-refractivity contribution in [3.8, 4) is 5.75 Å². The van der Waals surface area contributed by atoms with Gasteiger partial charge in [0.1, 0.15) is 22.3 Å². The summed E-state index contributed by atoms with van der Waals surface area (Å²) in [6.45, 7) is 3.17. The zero-order chi connectivity index (χ0) is 21.9.